The predicted octanol–water partition coefficient (Wildman–Crippen LogP) is 2.61. The molecular weight excluding hydrogens is 246 g/mol. The van der Waals surface area contributed by atoms with E-state index >= 15 is 0 Å². The Morgan fingerprint density at radius 2 is 2.17 bits per heavy atom. The van der Waals surface area contributed by atoms with Crippen molar-refractivity contribution in [3.05, 3.63) is 46.1 Å². The van der Waals surface area contributed by atoms with Crippen LogP contribution in [0.3, 0.4) is 0 Å². The van der Waals surface area contributed by atoms with Crippen LogP contribution in [0.5, 0.6) is 0 Å². The molecular formula is C13H13N3OS. The lowest BCUT2D eigenvalue weighted by Gasteiger charge is -2.26. The van der Waals surface area contributed by atoms with Gasteiger partial charge in [-0.15, -0.1) is 11.3 Å². The number of carbonyl (C=O) groups excluding carboxylic acids is 1. The zero-order chi connectivity index (χ0) is 12.7. The lowest BCUT2D eigenvalue weighted by molar-refractivity contribution is 0.0935. The van der Waals surface area contributed by atoms with Crippen LogP contribution in [0.15, 0.2) is 24.5 Å². The number of pyridine rings is 1. The zero-order valence-corrected chi connectivity index (χ0v) is 11.0. The Balaban J connectivity index is 2.00. The molecule has 0 aromatic carbocycles. The number of anilines is 1. The van der Waals surface area contributed by atoms with E-state index in [2.05, 4.69) is 15.6 Å². The Labute approximate surface area is 109 Å². The van der Waals surface area contributed by atoms with Crippen LogP contribution >= 0.6 is 11.3 Å². The van der Waals surface area contributed by atoms with Crippen LogP contribution in [-0.2, 0) is 0 Å². The SMILES string of the molecule is Cc1sc2c(c1C)C(=O)NC(c1cccnc1)N2. The molecule has 0 saturated heterocycles. The van der Waals surface area contributed by atoms with Gasteiger partial charge in [0.25, 0.3) is 5.91 Å². The topological polar surface area (TPSA) is 54.0 Å². The highest BCUT2D eigenvalue weighted by molar-refractivity contribution is 7.16. The fourth-order valence-corrected chi connectivity index (χ4v) is 3.17. The Morgan fingerprint density at radius 3 is 2.89 bits per heavy atom. The number of hydrogen-bond acceptors (Lipinski definition) is 4. The minimum absolute atomic E-state index is 0.0144. The van der Waals surface area contributed by atoms with Gasteiger partial charge in [-0.2, -0.15) is 0 Å². The molecule has 18 heavy (non-hydrogen) atoms. The number of hydrogen-bond donors (Lipinski definition) is 2. The Hall–Kier alpha value is -1.88. The van der Waals surface area contributed by atoms with Gasteiger partial charge in [0.1, 0.15) is 11.2 Å². The van der Waals surface area contributed by atoms with Crippen LogP contribution in [0.4, 0.5) is 5.00 Å². The third kappa shape index (κ3) is 1.67. The first-order valence-electron chi connectivity index (χ1n) is 5.74. The minimum atomic E-state index is -0.198. The van der Waals surface area contributed by atoms with E-state index in [0.29, 0.717) is 0 Å². The van der Waals surface area contributed by atoms with Crippen LogP contribution < -0.4 is 10.6 Å². The summed E-state index contributed by atoms with van der Waals surface area (Å²) in [5, 5.41) is 7.26. The Bertz CT molecular complexity index is 606. The van der Waals surface area contributed by atoms with Crippen molar-refractivity contribution in [2.24, 2.45) is 0 Å². The molecule has 1 aliphatic rings. The van der Waals surface area contributed by atoms with Crippen molar-refractivity contribution >= 4 is 22.2 Å². The number of carbonyl (C=O) groups is 1. The van der Waals surface area contributed by atoms with Gasteiger partial charge >= 0.3 is 0 Å². The molecule has 2 aromatic heterocycles. The van der Waals surface area contributed by atoms with Crippen molar-refractivity contribution in [2.45, 2.75) is 20.0 Å². The standard InChI is InChI=1S/C13H13N3OS/c1-7-8(2)18-13-10(7)12(17)15-11(16-13)9-4-3-5-14-6-9/h3-6,11,16H,1-2H3,(H,15,17). The molecule has 0 bridgehead atoms. The van der Waals surface area contributed by atoms with Crippen molar-refractivity contribution in [1.29, 1.82) is 0 Å². The normalized spacial score (nSPS) is 17.9. The highest BCUT2D eigenvalue weighted by Crippen LogP contribution is 2.37. The second kappa shape index (κ2) is 4.10. The molecule has 1 aliphatic heterocycles. The number of nitrogens with zero attached hydrogens (tertiary/aromatic N) is 1. The summed E-state index contributed by atoms with van der Waals surface area (Å²) in [6.45, 7) is 4.02. The van der Waals surface area contributed by atoms with Crippen molar-refractivity contribution in [1.82, 2.24) is 10.3 Å². The van der Waals surface area contributed by atoms with Crippen molar-refractivity contribution in [3.8, 4) is 0 Å². The summed E-state index contributed by atoms with van der Waals surface area (Å²) in [4.78, 5) is 17.4. The van der Waals surface area contributed by atoms with E-state index in [0.717, 1.165) is 21.7 Å². The summed E-state index contributed by atoms with van der Waals surface area (Å²) < 4.78 is 0. The van der Waals surface area contributed by atoms with E-state index in [1.165, 1.54) is 4.88 Å². The molecule has 5 heteroatoms. The average molecular weight is 259 g/mol. The van der Waals surface area contributed by atoms with Gasteiger partial charge in [-0.3, -0.25) is 9.78 Å². The molecule has 92 valence electrons. The molecule has 4 nitrogen and oxygen atoms in total. The first-order chi connectivity index (χ1) is 8.66. The van der Waals surface area contributed by atoms with Gasteiger partial charge in [0.05, 0.1) is 5.56 Å². The summed E-state index contributed by atoms with van der Waals surface area (Å²) in [6, 6.07) is 3.81. The number of aryl methyl sites for hydroxylation is 1. The number of fused-ring (bicyclic) bond motifs is 1. The summed E-state index contributed by atoms with van der Waals surface area (Å²) in [5.41, 5.74) is 2.79. The smallest absolute Gasteiger partial charge is 0.256 e. The molecule has 1 atom stereocenters. The highest BCUT2D eigenvalue weighted by Gasteiger charge is 2.28. The summed E-state index contributed by atoms with van der Waals surface area (Å²) in [5.74, 6) is -0.0144. The van der Waals surface area contributed by atoms with Gasteiger partial charge in [-0.25, -0.2) is 0 Å². The molecule has 0 radical (unpaired) electrons. The fourth-order valence-electron chi connectivity index (χ4n) is 2.09. The molecule has 0 fully saturated rings. The van der Waals surface area contributed by atoms with E-state index in [4.69, 9.17) is 0 Å². The molecule has 0 saturated carbocycles. The van der Waals surface area contributed by atoms with Crippen LogP contribution in [0.2, 0.25) is 0 Å². The molecule has 1 unspecified atom stereocenters. The van der Waals surface area contributed by atoms with Crippen molar-refractivity contribution in [3.63, 3.8) is 0 Å². The maximum Gasteiger partial charge on any atom is 0.256 e. The quantitative estimate of drug-likeness (QED) is 0.827. The maximum atomic E-state index is 12.1. The molecule has 3 rings (SSSR count). The van der Waals surface area contributed by atoms with Crippen LogP contribution in [0, 0.1) is 13.8 Å². The minimum Gasteiger partial charge on any atom is -0.353 e. The number of rotatable bonds is 1. The second-order valence-corrected chi connectivity index (χ2v) is 5.55. The number of aromatic nitrogens is 1. The Morgan fingerprint density at radius 1 is 1.33 bits per heavy atom. The average Bonchev–Trinajstić information content (AvgIpc) is 2.66. The van der Waals surface area contributed by atoms with Gasteiger partial charge in [-0.1, -0.05) is 6.07 Å². The molecule has 2 aromatic rings. The van der Waals surface area contributed by atoms with E-state index in [-0.39, 0.29) is 12.1 Å². The number of nitrogens with one attached hydrogen (secondary N) is 2. The van der Waals surface area contributed by atoms with E-state index in [1.807, 2.05) is 26.0 Å². The van der Waals surface area contributed by atoms with Gasteiger partial charge in [0.2, 0.25) is 0 Å². The third-order valence-electron chi connectivity index (χ3n) is 3.18. The fraction of sp³-hybridized carbons (Fsp3) is 0.231. The lowest BCUT2D eigenvalue weighted by atomic mass is 10.1. The largest absolute Gasteiger partial charge is 0.353 e. The van der Waals surface area contributed by atoms with Crippen molar-refractivity contribution < 1.29 is 4.79 Å². The molecule has 3 heterocycles. The first-order valence-corrected chi connectivity index (χ1v) is 6.56. The van der Waals surface area contributed by atoms with Crippen LogP contribution in [-0.4, -0.2) is 10.9 Å². The van der Waals surface area contributed by atoms with E-state index in [1.54, 1.807) is 23.7 Å². The maximum absolute atomic E-state index is 12.1. The van der Waals surface area contributed by atoms with Crippen molar-refractivity contribution in [2.75, 3.05) is 5.32 Å². The van der Waals surface area contributed by atoms with Crippen LogP contribution in [0.25, 0.3) is 0 Å². The van der Waals surface area contributed by atoms with Gasteiger partial charge in [0, 0.05) is 22.8 Å². The molecule has 0 spiro atoms. The molecule has 2 N–H and O–H groups in total. The third-order valence-corrected chi connectivity index (χ3v) is 4.32. The van der Waals surface area contributed by atoms with E-state index in [9.17, 15) is 4.79 Å². The van der Waals surface area contributed by atoms with E-state index < -0.39 is 0 Å². The zero-order valence-electron chi connectivity index (χ0n) is 10.2. The van der Waals surface area contributed by atoms with Gasteiger partial charge in [0.15, 0.2) is 0 Å². The number of amides is 1. The highest BCUT2D eigenvalue weighted by atomic mass is 32.1. The summed E-state index contributed by atoms with van der Waals surface area (Å²) >= 11 is 1.63. The van der Waals surface area contributed by atoms with Gasteiger partial charge in [-0.05, 0) is 25.5 Å². The Kier molecular flexibility index (Phi) is 2.56. The van der Waals surface area contributed by atoms with Gasteiger partial charge < -0.3 is 10.6 Å². The van der Waals surface area contributed by atoms with Crippen LogP contribution in [0.1, 0.15) is 32.5 Å². The monoisotopic (exact) mass is 259 g/mol. The second-order valence-electron chi connectivity index (χ2n) is 4.32. The first kappa shape index (κ1) is 11.2. The molecule has 0 aliphatic carbocycles. The predicted molar refractivity (Wildman–Crippen MR) is 71.9 cm³/mol. The summed E-state index contributed by atoms with van der Waals surface area (Å²) in [6.07, 6.45) is 3.28. The number of thiophene rings is 1. The lowest BCUT2D eigenvalue weighted by Crippen LogP contribution is -2.38. The summed E-state index contributed by atoms with van der Waals surface area (Å²) in [7, 11) is 0. The molecule has 1 amide bonds.